The highest BCUT2D eigenvalue weighted by molar-refractivity contribution is 6.00. The van der Waals surface area contributed by atoms with Gasteiger partial charge in [-0.25, -0.2) is 0 Å². The molecule has 1 saturated carbocycles. The van der Waals surface area contributed by atoms with Gasteiger partial charge in [0, 0.05) is 18.3 Å². The fourth-order valence-electron chi connectivity index (χ4n) is 1.85. The minimum atomic E-state index is -0.650. The summed E-state index contributed by atoms with van der Waals surface area (Å²) in [6, 6.07) is 7.43. The molecule has 0 heterocycles. The van der Waals surface area contributed by atoms with Crippen LogP contribution in [0.4, 0.5) is 5.69 Å². The maximum Gasteiger partial charge on any atom is 0.244 e. The standard InChI is InChI=1S/C15H23N3O2.2ClH/c1-18(2)9-4-10-20-13-6-3-5-12(11-13)17-14(19)15(16)7-8-15;;/h3,5-6,11H,4,7-10,16H2,1-2H3,(H,17,19);2*1H. The number of benzene rings is 1. The maximum absolute atomic E-state index is 11.9. The molecule has 0 aliphatic heterocycles. The van der Waals surface area contributed by atoms with E-state index in [2.05, 4.69) is 10.2 Å². The van der Waals surface area contributed by atoms with E-state index >= 15 is 0 Å². The summed E-state index contributed by atoms with van der Waals surface area (Å²) in [6.45, 7) is 1.66. The number of anilines is 1. The Kier molecular flexibility index (Phi) is 8.78. The molecule has 126 valence electrons. The van der Waals surface area contributed by atoms with Gasteiger partial charge in [-0.3, -0.25) is 4.79 Å². The van der Waals surface area contributed by atoms with Crippen LogP contribution < -0.4 is 15.8 Å². The zero-order valence-corrected chi connectivity index (χ0v) is 14.6. The van der Waals surface area contributed by atoms with Crippen molar-refractivity contribution < 1.29 is 9.53 Å². The third-order valence-corrected chi connectivity index (χ3v) is 3.35. The average molecular weight is 350 g/mol. The zero-order chi connectivity index (χ0) is 14.6. The topological polar surface area (TPSA) is 67.6 Å². The van der Waals surface area contributed by atoms with Gasteiger partial charge in [-0.2, -0.15) is 0 Å². The molecule has 0 spiro atoms. The first-order valence-corrected chi connectivity index (χ1v) is 6.97. The summed E-state index contributed by atoms with van der Waals surface area (Å²) in [7, 11) is 4.08. The van der Waals surface area contributed by atoms with Gasteiger partial charge in [-0.05, 0) is 45.5 Å². The normalized spacial score (nSPS) is 14.5. The minimum Gasteiger partial charge on any atom is -0.493 e. The lowest BCUT2D eigenvalue weighted by atomic mass is 10.2. The van der Waals surface area contributed by atoms with E-state index in [4.69, 9.17) is 10.5 Å². The quantitative estimate of drug-likeness (QED) is 0.741. The maximum atomic E-state index is 11.9. The first-order valence-electron chi connectivity index (χ1n) is 6.97. The van der Waals surface area contributed by atoms with Crippen molar-refractivity contribution in [2.45, 2.75) is 24.8 Å². The van der Waals surface area contributed by atoms with Crippen molar-refractivity contribution in [3.05, 3.63) is 24.3 Å². The molecule has 7 heteroatoms. The van der Waals surface area contributed by atoms with Crippen molar-refractivity contribution in [2.75, 3.05) is 32.6 Å². The monoisotopic (exact) mass is 349 g/mol. The van der Waals surface area contributed by atoms with Crippen molar-refractivity contribution in [1.82, 2.24) is 4.90 Å². The van der Waals surface area contributed by atoms with Crippen LogP contribution in [0.5, 0.6) is 5.75 Å². The lowest BCUT2D eigenvalue weighted by Gasteiger charge is -2.13. The second-order valence-electron chi connectivity index (χ2n) is 5.64. The average Bonchev–Trinajstić information content (AvgIpc) is 3.14. The summed E-state index contributed by atoms with van der Waals surface area (Å²) in [5.74, 6) is 0.658. The number of ether oxygens (including phenoxy) is 1. The highest BCUT2D eigenvalue weighted by Crippen LogP contribution is 2.33. The molecular formula is C15H25Cl2N3O2. The number of hydrogen-bond donors (Lipinski definition) is 2. The highest BCUT2D eigenvalue weighted by Gasteiger charge is 2.45. The van der Waals surface area contributed by atoms with Gasteiger partial charge in [0.05, 0.1) is 12.1 Å². The molecular weight excluding hydrogens is 325 g/mol. The van der Waals surface area contributed by atoms with Crippen LogP contribution in [0.15, 0.2) is 24.3 Å². The lowest BCUT2D eigenvalue weighted by molar-refractivity contribution is -0.118. The SMILES string of the molecule is CN(C)CCCOc1cccc(NC(=O)C2(N)CC2)c1.Cl.Cl. The number of nitrogens with one attached hydrogen (secondary N) is 1. The largest absolute Gasteiger partial charge is 0.493 e. The number of hydrogen-bond acceptors (Lipinski definition) is 4. The smallest absolute Gasteiger partial charge is 0.244 e. The molecule has 1 aliphatic rings. The van der Waals surface area contributed by atoms with Crippen molar-refractivity contribution in [3.63, 3.8) is 0 Å². The summed E-state index contributed by atoms with van der Waals surface area (Å²) in [5.41, 5.74) is 5.94. The zero-order valence-electron chi connectivity index (χ0n) is 13.0. The fourth-order valence-corrected chi connectivity index (χ4v) is 1.85. The Morgan fingerprint density at radius 2 is 2.05 bits per heavy atom. The van der Waals surface area contributed by atoms with Crippen LogP contribution in [-0.4, -0.2) is 43.6 Å². The van der Waals surface area contributed by atoms with Crippen molar-refractivity contribution >= 4 is 36.4 Å². The van der Waals surface area contributed by atoms with Gasteiger partial charge >= 0.3 is 0 Å². The second kappa shape index (κ2) is 9.20. The minimum absolute atomic E-state index is 0. The Labute approximate surface area is 144 Å². The molecule has 5 nitrogen and oxygen atoms in total. The van der Waals surface area contributed by atoms with Crippen LogP contribution >= 0.6 is 24.8 Å². The van der Waals surface area contributed by atoms with Crippen molar-refractivity contribution in [3.8, 4) is 5.75 Å². The predicted molar refractivity (Wildman–Crippen MR) is 94.4 cm³/mol. The number of carbonyl (C=O) groups excluding carboxylic acids is 1. The first-order chi connectivity index (χ1) is 9.49. The Balaban J connectivity index is 0.00000220. The molecule has 0 radical (unpaired) electrons. The van der Waals surface area contributed by atoms with E-state index in [-0.39, 0.29) is 30.7 Å². The van der Waals surface area contributed by atoms with E-state index in [9.17, 15) is 4.79 Å². The molecule has 0 unspecified atom stereocenters. The second-order valence-corrected chi connectivity index (χ2v) is 5.64. The van der Waals surface area contributed by atoms with Gasteiger partial charge in [0.1, 0.15) is 5.75 Å². The van der Waals surface area contributed by atoms with Crippen LogP contribution in [0.25, 0.3) is 0 Å². The lowest BCUT2D eigenvalue weighted by Crippen LogP contribution is -2.37. The Bertz CT molecular complexity index is 480. The predicted octanol–water partition coefficient (Wildman–Crippen LogP) is 2.29. The molecule has 1 fully saturated rings. The summed E-state index contributed by atoms with van der Waals surface area (Å²) < 4.78 is 5.67. The van der Waals surface area contributed by atoms with Crippen LogP contribution in [-0.2, 0) is 4.79 Å². The number of rotatable bonds is 7. The first kappa shape index (κ1) is 21.0. The molecule has 3 N–H and O–H groups in total. The highest BCUT2D eigenvalue weighted by atomic mass is 35.5. The molecule has 0 atom stereocenters. The molecule has 1 aromatic carbocycles. The molecule has 1 aromatic rings. The van der Waals surface area contributed by atoms with Gasteiger partial charge in [0.25, 0.3) is 0 Å². The van der Waals surface area contributed by atoms with Crippen LogP contribution in [0.2, 0.25) is 0 Å². The summed E-state index contributed by atoms with van der Waals surface area (Å²) in [5, 5.41) is 2.84. The Hall–Kier alpha value is -1.01. The number of carbonyl (C=O) groups is 1. The van der Waals surface area contributed by atoms with Crippen molar-refractivity contribution in [1.29, 1.82) is 0 Å². The molecule has 0 aromatic heterocycles. The van der Waals surface area contributed by atoms with Gasteiger partial charge in [0.15, 0.2) is 0 Å². The third-order valence-electron chi connectivity index (χ3n) is 3.35. The van der Waals surface area contributed by atoms with E-state index in [0.29, 0.717) is 6.61 Å². The van der Waals surface area contributed by atoms with Crippen LogP contribution in [0.1, 0.15) is 19.3 Å². The molecule has 1 amide bonds. The van der Waals surface area contributed by atoms with Crippen LogP contribution in [0.3, 0.4) is 0 Å². The number of halogens is 2. The van der Waals surface area contributed by atoms with Crippen molar-refractivity contribution in [2.24, 2.45) is 5.73 Å². The summed E-state index contributed by atoms with van der Waals surface area (Å²) in [4.78, 5) is 14.0. The Morgan fingerprint density at radius 1 is 1.36 bits per heavy atom. The number of amides is 1. The Morgan fingerprint density at radius 3 is 2.64 bits per heavy atom. The van der Waals surface area contributed by atoms with Gasteiger partial charge in [-0.15, -0.1) is 24.8 Å². The van der Waals surface area contributed by atoms with E-state index in [0.717, 1.165) is 37.2 Å². The molecule has 2 rings (SSSR count). The molecule has 0 bridgehead atoms. The van der Waals surface area contributed by atoms with E-state index in [1.807, 2.05) is 38.4 Å². The van der Waals surface area contributed by atoms with Gasteiger partial charge < -0.3 is 20.7 Å². The van der Waals surface area contributed by atoms with Gasteiger partial charge in [-0.1, -0.05) is 6.07 Å². The molecule has 0 saturated heterocycles. The fraction of sp³-hybridized carbons (Fsp3) is 0.533. The number of nitrogens with two attached hydrogens (primary N) is 1. The van der Waals surface area contributed by atoms with E-state index < -0.39 is 5.54 Å². The number of nitrogens with zero attached hydrogens (tertiary/aromatic N) is 1. The summed E-state index contributed by atoms with van der Waals surface area (Å²) in [6.07, 6.45) is 2.49. The van der Waals surface area contributed by atoms with Crippen LogP contribution in [0, 0.1) is 0 Å². The van der Waals surface area contributed by atoms with E-state index in [1.165, 1.54) is 0 Å². The molecule has 1 aliphatic carbocycles. The van der Waals surface area contributed by atoms with E-state index in [1.54, 1.807) is 0 Å². The summed E-state index contributed by atoms with van der Waals surface area (Å²) >= 11 is 0. The molecule has 22 heavy (non-hydrogen) atoms. The third kappa shape index (κ3) is 6.40. The van der Waals surface area contributed by atoms with Gasteiger partial charge in [0.2, 0.25) is 5.91 Å².